The highest BCUT2D eigenvalue weighted by Crippen LogP contribution is 2.38. The number of hydrogen-bond donors (Lipinski definition) is 0. The van der Waals surface area contributed by atoms with Gasteiger partial charge in [-0.25, -0.2) is 4.39 Å². The topological polar surface area (TPSA) is 3.24 Å². The molecule has 1 aromatic rings. The second-order valence-corrected chi connectivity index (χ2v) is 6.56. The molecular formula is C16H23BrFN. The highest BCUT2D eigenvalue weighted by Gasteiger charge is 2.31. The van der Waals surface area contributed by atoms with Crippen molar-refractivity contribution >= 4 is 15.9 Å². The van der Waals surface area contributed by atoms with Crippen LogP contribution in [-0.2, 0) is 6.54 Å². The fourth-order valence-corrected chi connectivity index (χ4v) is 3.95. The zero-order valence-corrected chi connectivity index (χ0v) is 13.3. The average Bonchev–Trinajstić information content (AvgIpc) is 2.39. The molecule has 1 aromatic carbocycles. The van der Waals surface area contributed by atoms with Crippen molar-refractivity contribution < 1.29 is 4.39 Å². The van der Waals surface area contributed by atoms with E-state index in [1.54, 1.807) is 12.1 Å². The van der Waals surface area contributed by atoms with Gasteiger partial charge in [0.1, 0.15) is 5.82 Å². The van der Waals surface area contributed by atoms with E-state index in [0.717, 1.165) is 24.0 Å². The molecule has 1 saturated carbocycles. The lowest BCUT2D eigenvalue weighted by atomic mass is 9.75. The van der Waals surface area contributed by atoms with Crippen LogP contribution >= 0.6 is 15.9 Å². The predicted molar refractivity (Wildman–Crippen MR) is 82.0 cm³/mol. The van der Waals surface area contributed by atoms with Gasteiger partial charge in [0.2, 0.25) is 0 Å². The van der Waals surface area contributed by atoms with Gasteiger partial charge >= 0.3 is 0 Å². The van der Waals surface area contributed by atoms with Crippen LogP contribution in [0.4, 0.5) is 4.39 Å². The maximum absolute atomic E-state index is 13.2. The standard InChI is InChI=1S/C16H23BrFN/c1-19(11-14-6-5-7-15(18)10-14)13-16(12-17)8-3-2-4-9-16/h5-7,10H,2-4,8-9,11-13H2,1H3. The maximum Gasteiger partial charge on any atom is 0.123 e. The molecule has 1 nitrogen and oxygen atoms in total. The van der Waals surface area contributed by atoms with E-state index in [1.807, 2.05) is 6.07 Å². The van der Waals surface area contributed by atoms with E-state index in [-0.39, 0.29) is 5.82 Å². The number of hydrogen-bond acceptors (Lipinski definition) is 1. The molecular weight excluding hydrogens is 305 g/mol. The summed E-state index contributed by atoms with van der Waals surface area (Å²) in [6.45, 7) is 1.92. The molecule has 0 saturated heterocycles. The van der Waals surface area contributed by atoms with Crippen molar-refractivity contribution in [3.63, 3.8) is 0 Å². The Labute approximate surface area is 124 Å². The molecule has 0 unspecified atom stereocenters. The second-order valence-electron chi connectivity index (χ2n) is 6.00. The summed E-state index contributed by atoms with van der Waals surface area (Å²) in [6.07, 6.45) is 6.69. The highest BCUT2D eigenvalue weighted by atomic mass is 79.9. The first-order valence-corrected chi connectivity index (χ1v) is 8.25. The van der Waals surface area contributed by atoms with E-state index >= 15 is 0 Å². The fourth-order valence-electron chi connectivity index (χ4n) is 3.21. The highest BCUT2D eigenvalue weighted by molar-refractivity contribution is 9.09. The maximum atomic E-state index is 13.2. The quantitative estimate of drug-likeness (QED) is 0.714. The Bertz CT molecular complexity index is 401. The van der Waals surface area contributed by atoms with Crippen LogP contribution in [0.25, 0.3) is 0 Å². The van der Waals surface area contributed by atoms with Gasteiger partial charge in [0.15, 0.2) is 0 Å². The fraction of sp³-hybridized carbons (Fsp3) is 0.625. The Kier molecular flexibility index (Phi) is 5.40. The Balaban J connectivity index is 1.94. The third kappa shape index (κ3) is 4.28. The lowest BCUT2D eigenvalue weighted by Crippen LogP contribution is -2.38. The Morgan fingerprint density at radius 1 is 1.26 bits per heavy atom. The van der Waals surface area contributed by atoms with Gasteiger partial charge in [0, 0.05) is 18.4 Å². The molecule has 0 aliphatic heterocycles. The first-order chi connectivity index (χ1) is 9.13. The molecule has 0 atom stereocenters. The monoisotopic (exact) mass is 327 g/mol. The van der Waals surface area contributed by atoms with Crippen LogP contribution in [0, 0.1) is 11.2 Å². The number of benzene rings is 1. The molecule has 1 aliphatic carbocycles. The second kappa shape index (κ2) is 6.85. The van der Waals surface area contributed by atoms with Crippen molar-refractivity contribution in [3.05, 3.63) is 35.6 Å². The first-order valence-electron chi connectivity index (χ1n) is 7.13. The largest absolute Gasteiger partial charge is 0.302 e. The van der Waals surface area contributed by atoms with Crippen molar-refractivity contribution in [1.82, 2.24) is 4.90 Å². The summed E-state index contributed by atoms with van der Waals surface area (Å²) in [5.41, 5.74) is 1.48. The van der Waals surface area contributed by atoms with Crippen LogP contribution in [0.5, 0.6) is 0 Å². The molecule has 0 radical (unpaired) electrons. The Morgan fingerprint density at radius 3 is 2.63 bits per heavy atom. The minimum atomic E-state index is -0.140. The summed E-state index contributed by atoms with van der Waals surface area (Å²) >= 11 is 3.71. The molecule has 0 aromatic heterocycles. The molecule has 3 heteroatoms. The zero-order chi connectivity index (χ0) is 13.7. The van der Waals surface area contributed by atoms with E-state index in [1.165, 1.54) is 38.2 Å². The van der Waals surface area contributed by atoms with Crippen LogP contribution in [-0.4, -0.2) is 23.8 Å². The third-order valence-corrected chi connectivity index (χ3v) is 5.33. The lowest BCUT2D eigenvalue weighted by Gasteiger charge is -2.39. The van der Waals surface area contributed by atoms with Crippen molar-refractivity contribution in [1.29, 1.82) is 0 Å². The molecule has 2 rings (SSSR count). The average molecular weight is 328 g/mol. The minimum absolute atomic E-state index is 0.140. The van der Waals surface area contributed by atoms with Crippen molar-refractivity contribution in [2.75, 3.05) is 18.9 Å². The summed E-state index contributed by atoms with van der Waals surface area (Å²) in [7, 11) is 2.14. The van der Waals surface area contributed by atoms with Crippen LogP contribution < -0.4 is 0 Å². The van der Waals surface area contributed by atoms with Crippen LogP contribution in [0.1, 0.15) is 37.7 Å². The summed E-state index contributed by atoms with van der Waals surface area (Å²) in [5.74, 6) is -0.140. The Hall–Kier alpha value is -0.410. The van der Waals surface area contributed by atoms with Gasteiger partial charge in [0.25, 0.3) is 0 Å². The van der Waals surface area contributed by atoms with E-state index in [0.29, 0.717) is 5.41 Å². The van der Waals surface area contributed by atoms with Gasteiger partial charge in [-0.15, -0.1) is 0 Å². The zero-order valence-electron chi connectivity index (χ0n) is 11.7. The van der Waals surface area contributed by atoms with Gasteiger partial charge in [0.05, 0.1) is 0 Å². The smallest absolute Gasteiger partial charge is 0.123 e. The Morgan fingerprint density at radius 2 is 2.00 bits per heavy atom. The van der Waals surface area contributed by atoms with Crippen molar-refractivity contribution in [2.45, 2.75) is 38.6 Å². The van der Waals surface area contributed by atoms with Crippen LogP contribution in [0.2, 0.25) is 0 Å². The molecule has 19 heavy (non-hydrogen) atoms. The minimum Gasteiger partial charge on any atom is -0.302 e. The molecule has 1 aliphatic rings. The number of halogens is 2. The summed E-state index contributed by atoms with van der Waals surface area (Å²) in [5, 5.41) is 1.08. The normalized spacial score (nSPS) is 18.7. The lowest BCUT2D eigenvalue weighted by molar-refractivity contribution is 0.141. The van der Waals surface area contributed by atoms with Crippen LogP contribution in [0.3, 0.4) is 0 Å². The summed E-state index contributed by atoms with van der Waals surface area (Å²) in [6, 6.07) is 6.93. The first kappa shape index (κ1) is 15.0. The van der Waals surface area contributed by atoms with Gasteiger partial charge in [-0.1, -0.05) is 47.3 Å². The summed E-state index contributed by atoms with van der Waals surface area (Å²) < 4.78 is 13.2. The predicted octanol–water partition coefficient (Wildman–Crippen LogP) is 4.60. The van der Waals surface area contributed by atoms with E-state index < -0.39 is 0 Å². The molecule has 1 fully saturated rings. The van der Waals surface area contributed by atoms with Crippen molar-refractivity contribution in [2.24, 2.45) is 5.41 Å². The number of alkyl halides is 1. The molecule has 0 spiro atoms. The van der Waals surface area contributed by atoms with E-state index in [9.17, 15) is 4.39 Å². The van der Waals surface area contributed by atoms with Gasteiger partial charge < -0.3 is 4.90 Å². The van der Waals surface area contributed by atoms with Crippen LogP contribution in [0.15, 0.2) is 24.3 Å². The molecule has 106 valence electrons. The van der Waals surface area contributed by atoms with E-state index in [2.05, 4.69) is 27.9 Å². The van der Waals surface area contributed by atoms with Gasteiger partial charge in [-0.05, 0) is 43.0 Å². The molecule has 0 heterocycles. The van der Waals surface area contributed by atoms with Gasteiger partial charge in [-0.2, -0.15) is 0 Å². The number of nitrogens with zero attached hydrogens (tertiary/aromatic N) is 1. The summed E-state index contributed by atoms with van der Waals surface area (Å²) in [4.78, 5) is 2.33. The third-order valence-electron chi connectivity index (χ3n) is 4.14. The number of rotatable bonds is 5. The molecule has 0 N–H and O–H groups in total. The molecule has 0 amide bonds. The molecule has 0 bridgehead atoms. The van der Waals surface area contributed by atoms with E-state index in [4.69, 9.17) is 0 Å². The SMILES string of the molecule is CN(Cc1cccc(F)c1)CC1(CBr)CCCCC1. The van der Waals surface area contributed by atoms with Gasteiger partial charge in [-0.3, -0.25) is 0 Å². The van der Waals surface area contributed by atoms with Crippen molar-refractivity contribution in [3.8, 4) is 0 Å².